The molecule has 1 unspecified atom stereocenters. The zero-order valence-electron chi connectivity index (χ0n) is 11.3. The molecule has 0 saturated carbocycles. The molecule has 20 heavy (non-hydrogen) atoms. The number of halogens is 1. The number of nitro groups is 1. The van der Waals surface area contributed by atoms with Gasteiger partial charge in [0.1, 0.15) is 11.5 Å². The third-order valence-corrected chi connectivity index (χ3v) is 3.36. The zero-order valence-corrected chi connectivity index (χ0v) is 12.9. The Balaban J connectivity index is 2.30. The van der Waals surface area contributed by atoms with Gasteiger partial charge in [-0.15, -0.1) is 0 Å². The molecule has 6 nitrogen and oxygen atoms in total. The molecule has 1 N–H and O–H groups in total. The van der Waals surface area contributed by atoms with Crippen molar-refractivity contribution in [3.8, 4) is 0 Å². The van der Waals surface area contributed by atoms with Crippen LogP contribution in [-0.4, -0.2) is 9.91 Å². The fourth-order valence-corrected chi connectivity index (χ4v) is 2.36. The van der Waals surface area contributed by atoms with Crippen LogP contribution in [0, 0.1) is 24.0 Å². The third-order valence-electron chi connectivity index (χ3n) is 2.93. The summed E-state index contributed by atoms with van der Waals surface area (Å²) in [7, 11) is 0. The van der Waals surface area contributed by atoms with E-state index in [9.17, 15) is 10.1 Å². The molecule has 0 fully saturated rings. The van der Waals surface area contributed by atoms with E-state index in [0.717, 1.165) is 17.1 Å². The zero-order chi connectivity index (χ0) is 14.9. The maximum atomic E-state index is 11.0. The summed E-state index contributed by atoms with van der Waals surface area (Å²) in [5.41, 5.74) is 0.894. The number of furan rings is 1. The summed E-state index contributed by atoms with van der Waals surface area (Å²) in [6.45, 7) is 5.64. The van der Waals surface area contributed by atoms with Crippen LogP contribution in [0.1, 0.15) is 30.0 Å². The number of hydrogen-bond donors (Lipinski definition) is 1. The largest absolute Gasteiger partial charge is 0.466 e. The van der Waals surface area contributed by atoms with E-state index in [0.29, 0.717) is 4.47 Å². The molecule has 2 aromatic rings. The van der Waals surface area contributed by atoms with Crippen molar-refractivity contribution in [2.75, 3.05) is 5.32 Å². The van der Waals surface area contributed by atoms with Gasteiger partial charge in [-0.05, 0) is 42.8 Å². The minimum atomic E-state index is -0.458. The maximum Gasteiger partial charge on any atom is 0.312 e. The van der Waals surface area contributed by atoms with Gasteiger partial charge in [-0.2, -0.15) is 0 Å². The van der Waals surface area contributed by atoms with Gasteiger partial charge in [-0.1, -0.05) is 0 Å². The molecular weight excluding hydrogens is 326 g/mol. The van der Waals surface area contributed by atoms with Crippen molar-refractivity contribution in [3.05, 3.63) is 50.0 Å². The molecule has 0 amide bonds. The summed E-state index contributed by atoms with van der Waals surface area (Å²) in [5.74, 6) is 1.84. The Bertz CT molecular complexity index is 654. The normalized spacial score (nSPS) is 12.2. The molecule has 0 bridgehead atoms. The number of aromatic nitrogens is 1. The number of hydrogen-bond acceptors (Lipinski definition) is 5. The summed E-state index contributed by atoms with van der Waals surface area (Å²) in [5, 5.41) is 14.1. The maximum absolute atomic E-state index is 11.0. The molecule has 0 aliphatic heterocycles. The highest BCUT2D eigenvalue weighted by Crippen LogP contribution is 2.30. The lowest BCUT2D eigenvalue weighted by Crippen LogP contribution is -2.10. The quantitative estimate of drug-likeness (QED) is 0.668. The van der Waals surface area contributed by atoms with E-state index < -0.39 is 4.92 Å². The monoisotopic (exact) mass is 339 g/mol. The first kappa shape index (κ1) is 14.5. The van der Waals surface area contributed by atoms with E-state index in [1.165, 1.54) is 12.3 Å². The Hall–Kier alpha value is -1.89. The first-order valence-electron chi connectivity index (χ1n) is 6.02. The van der Waals surface area contributed by atoms with Crippen LogP contribution in [0.15, 0.2) is 27.2 Å². The summed E-state index contributed by atoms with van der Waals surface area (Å²) < 4.78 is 6.04. The standard InChI is InChI=1S/C13H14BrN3O3/c1-7-4-11(9(3)20-7)8(2)16-13-12(17(18)19)5-10(14)6-15-13/h4-6,8H,1-3H3,(H,15,16). The number of anilines is 1. The van der Waals surface area contributed by atoms with Gasteiger partial charge in [0.15, 0.2) is 0 Å². The smallest absolute Gasteiger partial charge is 0.312 e. The Morgan fingerprint density at radius 1 is 1.45 bits per heavy atom. The molecule has 0 spiro atoms. The van der Waals surface area contributed by atoms with E-state index in [1.54, 1.807) is 0 Å². The van der Waals surface area contributed by atoms with Crippen LogP contribution in [0.3, 0.4) is 0 Å². The Morgan fingerprint density at radius 3 is 2.70 bits per heavy atom. The SMILES string of the molecule is Cc1cc(C(C)Nc2ncc(Br)cc2[N+](=O)[O-])c(C)o1. The second-order valence-electron chi connectivity index (χ2n) is 4.51. The van der Waals surface area contributed by atoms with Crippen LogP contribution in [0.25, 0.3) is 0 Å². The van der Waals surface area contributed by atoms with Crippen LogP contribution >= 0.6 is 15.9 Å². The van der Waals surface area contributed by atoms with E-state index in [-0.39, 0.29) is 17.5 Å². The van der Waals surface area contributed by atoms with E-state index >= 15 is 0 Å². The Morgan fingerprint density at radius 2 is 2.15 bits per heavy atom. The summed E-state index contributed by atoms with van der Waals surface area (Å²) in [6.07, 6.45) is 1.52. The van der Waals surface area contributed by atoms with Gasteiger partial charge in [-0.25, -0.2) is 4.98 Å². The van der Waals surface area contributed by atoms with Gasteiger partial charge < -0.3 is 9.73 Å². The van der Waals surface area contributed by atoms with Gasteiger partial charge in [0.2, 0.25) is 5.82 Å². The van der Waals surface area contributed by atoms with Crippen molar-refractivity contribution in [1.82, 2.24) is 4.98 Å². The fourth-order valence-electron chi connectivity index (χ4n) is 2.04. The van der Waals surface area contributed by atoms with Crippen molar-refractivity contribution in [3.63, 3.8) is 0 Å². The first-order valence-corrected chi connectivity index (χ1v) is 6.81. The Kier molecular flexibility index (Phi) is 4.08. The van der Waals surface area contributed by atoms with E-state index in [1.807, 2.05) is 26.8 Å². The number of aryl methyl sites for hydroxylation is 2. The minimum Gasteiger partial charge on any atom is -0.466 e. The molecular formula is C13H14BrN3O3. The van der Waals surface area contributed by atoms with Crippen LogP contribution < -0.4 is 5.32 Å². The van der Waals surface area contributed by atoms with E-state index in [4.69, 9.17) is 4.42 Å². The average molecular weight is 340 g/mol. The van der Waals surface area contributed by atoms with E-state index in [2.05, 4.69) is 26.2 Å². The molecule has 0 radical (unpaired) electrons. The highest BCUT2D eigenvalue weighted by molar-refractivity contribution is 9.10. The predicted octanol–water partition coefficient (Wildman–Crippen LogP) is 4.14. The van der Waals surface area contributed by atoms with Crippen LogP contribution in [0.5, 0.6) is 0 Å². The number of pyridine rings is 1. The van der Waals surface area contributed by atoms with Crippen LogP contribution in [0.2, 0.25) is 0 Å². The van der Waals surface area contributed by atoms with Gasteiger partial charge in [0.25, 0.3) is 0 Å². The summed E-state index contributed by atoms with van der Waals surface area (Å²) in [4.78, 5) is 14.7. The molecule has 2 rings (SSSR count). The van der Waals surface area contributed by atoms with Crippen molar-refractivity contribution in [1.29, 1.82) is 0 Å². The molecule has 0 aliphatic rings. The lowest BCUT2D eigenvalue weighted by molar-refractivity contribution is -0.384. The fraction of sp³-hybridized carbons (Fsp3) is 0.308. The topological polar surface area (TPSA) is 81.2 Å². The highest BCUT2D eigenvalue weighted by atomic mass is 79.9. The van der Waals surface area contributed by atoms with Crippen molar-refractivity contribution in [2.45, 2.75) is 26.8 Å². The summed E-state index contributed by atoms with van der Waals surface area (Å²) >= 11 is 3.18. The molecule has 0 aliphatic carbocycles. The molecule has 2 aromatic heterocycles. The van der Waals surface area contributed by atoms with Crippen molar-refractivity contribution >= 4 is 27.4 Å². The highest BCUT2D eigenvalue weighted by Gasteiger charge is 2.20. The van der Waals surface area contributed by atoms with Gasteiger partial charge in [0, 0.05) is 22.3 Å². The Labute approximate surface area is 124 Å². The van der Waals surface area contributed by atoms with Gasteiger partial charge in [0.05, 0.1) is 11.0 Å². The molecule has 1 atom stereocenters. The number of nitrogens with zero attached hydrogens (tertiary/aromatic N) is 2. The van der Waals surface area contributed by atoms with Crippen LogP contribution in [-0.2, 0) is 0 Å². The molecule has 106 valence electrons. The summed E-state index contributed by atoms with van der Waals surface area (Å²) in [6, 6.07) is 3.20. The van der Waals surface area contributed by atoms with Crippen molar-refractivity contribution < 1.29 is 9.34 Å². The number of nitrogens with one attached hydrogen (secondary N) is 1. The van der Waals surface area contributed by atoms with Gasteiger partial charge >= 0.3 is 5.69 Å². The predicted molar refractivity (Wildman–Crippen MR) is 78.8 cm³/mol. The lowest BCUT2D eigenvalue weighted by Gasteiger charge is -2.13. The van der Waals surface area contributed by atoms with Crippen LogP contribution in [0.4, 0.5) is 11.5 Å². The van der Waals surface area contributed by atoms with Crippen molar-refractivity contribution in [2.24, 2.45) is 0 Å². The third kappa shape index (κ3) is 2.98. The molecule has 7 heteroatoms. The number of rotatable bonds is 4. The molecule has 0 saturated heterocycles. The first-order chi connectivity index (χ1) is 9.38. The minimum absolute atomic E-state index is 0.0657. The lowest BCUT2D eigenvalue weighted by atomic mass is 10.1. The molecule has 2 heterocycles. The second-order valence-corrected chi connectivity index (χ2v) is 5.43. The second kappa shape index (κ2) is 5.62. The van der Waals surface area contributed by atoms with Gasteiger partial charge in [-0.3, -0.25) is 10.1 Å². The average Bonchev–Trinajstić information content (AvgIpc) is 2.70. The molecule has 0 aromatic carbocycles.